The quantitative estimate of drug-likeness (QED) is 0.835. The molecule has 0 saturated carbocycles. The number of alkyl halides is 3. The molecule has 0 atom stereocenters. The van der Waals surface area contributed by atoms with Gasteiger partial charge in [-0.2, -0.15) is 17.5 Å². The van der Waals surface area contributed by atoms with Crippen molar-refractivity contribution in [3.63, 3.8) is 0 Å². The fraction of sp³-hybridized carbons (Fsp3) is 0.400. The maximum absolute atomic E-state index is 13.0. The molecule has 0 heterocycles. The average Bonchev–Trinajstić information content (AvgIpc) is 2.26. The number of benzene rings is 1. The van der Waals surface area contributed by atoms with Crippen LogP contribution in [0.5, 0.6) is 0 Å². The Morgan fingerprint density at radius 3 is 2.37 bits per heavy atom. The standard InChI is InChI=1S/C10H12F4N2O2S/c11-8-2-1-3-9(6-8)19(17,18)16(5-4-15)7-10(12,13)14/h1-3,6H,4-5,7,15H2. The molecule has 0 aliphatic carbocycles. The molecule has 0 fully saturated rings. The lowest BCUT2D eigenvalue weighted by Crippen LogP contribution is -2.41. The van der Waals surface area contributed by atoms with Crippen LogP contribution in [0.1, 0.15) is 0 Å². The highest BCUT2D eigenvalue weighted by atomic mass is 32.2. The van der Waals surface area contributed by atoms with Gasteiger partial charge in [-0.15, -0.1) is 0 Å². The van der Waals surface area contributed by atoms with Gasteiger partial charge in [-0.25, -0.2) is 12.8 Å². The Labute approximate surface area is 107 Å². The lowest BCUT2D eigenvalue weighted by molar-refractivity contribution is -0.135. The molecule has 0 spiro atoms. The van der Waals surface area contributed by atoms with Gasteiger partial charge in [0.1, 0.15) is 12.4 Å². The molecule has 0 radical (unpaired) electrons. The molecule has 0 unspecified atom stereocenters. The van der Waals surface area contributed by atoms with Crippen molar-refractivity contribution in [2.45, 2.75) is 11.1 Å². The molecule has 2 N–H and O–H groups in total. The highest BCUT2D eigenvalue weighted by Crippen LogP contribution is 2.22. The molecule has 0 aliphatic heterocycles. The van der Waals surface area contributed by atoms with Crippen LogP contribution in [0.2, 0.25) is 0 Å². The van der Waals surface area contributed by atoms with Crippen molar-refractivity contribution in [2.24, 2.45) is 5.73 Å². The molecular weight excluding hydrogens is 288 g/mol. The van der Waals surface area contributed by atoms with Crippen LogP contribution >= 0.6 is 0 Å². The van der Waals surface area contributed by atoms with Crippen molar-refractivity contribution < 1.29 is 26.0 Å². The van der Waals surface area contributed by atoms with Crippen LogP contribution in [0.15, 0.2) is 29.2 Å². The normalized spacial score (nSPS) is 12.9. The van der Waals surface area contributed by atoms with E-state index in [0.717, 1.165) is 18.2 Å². The zero-order chi connectivity index (χ0) is 14.7. The van der Waals surface area contributed by atoms with Gasteiger partial charge in [0.25, 0.3) is 0 Å². The molecular formula is C10H12F4N2O2S. The van der Waals surface area contributed by atoms with E-state index in [1.807, 2.05) is 0 Å². The summed E-state index contributed by atoms with van der Waals surface area (Å²) < 4.78 is 74.0. The Hall–Kier alpha value is -1.19. The summed E-state index contributed by atoms with van der Waals surface area (Å²) in [5.74, 6) is -0.846. The van der Waals surface area contributed by atoms with Crippen molar-refractivity contribution in [3.05, 3.63) is 30.1 Å². The highest BCUT2D eigenvalue weighted by Gasteiger charge is 2.36. The molecule has 0 saturated heterocycles. The van der Waals surface area contributed by atoms with Crippen LogP contribution in [-0.4, -0.2) is 38.5 Å². The van der Waals surface area contributed by atoms with E-state index in [-0.39, 0.29) is 10.8 Å². The van der Waals surface area contributed by atoms with Crippen molar-refractivity contribution in [3.8, 4) is 0 Å². The van der Waals surface area contributed by atoms with Crippen LogP contribution in [-0.2, 0) is 10.0 Å². The topological polar surface area (TPSA) is 63.4 Å². The van der Waals surface area contributed by atoms with Crippen LogP contribution in [0, 0.1) is 5.82 Å². The van der Waals surface area contributed by atoms with Gasteiger partial charge in [0.2, 0.25) is 10.0 Å². The zero-order valence-electron chi connectivity index (χ0n) is 9.69. The van der Waals surface area contributed by atoms with Gasteiger partial charge >= 0.3 is 6.18 Å². The van der Waals surface area contributed by atoms with Gasteiger partial charge in [0.15, 0.2) is 0 Å². The highest BCUT2D eigenvalue weighted by molar-refractivity contribution is 7.89. The molecule has 1 rings (SSSR count). The molecule has 0 amide bonds. The summed E-state index contributed by atoms with van der Waals surface area (Å²) in [6, 6.07) is 3.79. The first-order valence-corrected chi connectivity index (χ1v) is 6.63. The molecule has 1 aromatic rings. The maximum atomic E-state index is 13.0. The van der Waals surface area contributed by atoms with Crippen molar-refractivity contribution in [1.29, 1.82) is 0 Å². The van der Waals surface area contributed by atoms with Crippen LogP contribution in [0.25, 0.3) is 0 Å². The van der Waals surface area contributed by atoms with Crippen LogP contribution < -0.4 is 5.73 Å². The van der Waals surface area contributed by atoms with E-state index >= 15 is 0 Å². The SMILES string of the molecule is NCCN(CC(F)(F)F)S(=O)(=O)c1cccc(F)c1. The molecule has 1 aromatic carbocycles. The van der Waals surface area contributed by atoms with E-state index in [9.17, 15) is 26.0 Å². The van der Waals surface area contributed by atoms with Gasteiger partial charge in [-0.1, -0.05) is 6.07 Å². The smallest absolute Gasteiger partial charge is 0.329 e. The number of nitrogens with zero attached hydrogens (tertiary/aromatic N) is 1. The third-order valence-electron chi connectivity index (χ3n) is 2.17. The van der Waals surface area contributed by atoms with Crippen LogP contribution in [0.3, 0.4) is 0 Å². The first-order valence-electron chi connectivity index (χ1n) is 5.19. The second-order valence-corrected chi connectivity index (χ2v) is 5.64. The second kappa shape index (κ2) is 5.85. The zero-order valence-corrected chi connectivity index (χ0v) is 10.5. The summed E-state index contributed by atoms with van der Waals surface area (Å²) >= 11 is 0. The largest absolute Gasteiger partial charge is 0.402 e. The van der Waals surface area contributed by atoms with E-state index in [0.29, 0.717) is 6.07 Å². The minimum Gasteiger partial charge on any atom is -0.329 e. The fourth-order valence-electron chi connectivity index (χ4n) is 1.40. The van der Waals surface area contributed by atoms with Crippen molar-refractivity contribution in [1.82, 2.24) is 4.31 Å². The number of hydrogen-bond donors (Lipinski definition) is 1. The molecule has 4 nitrogen and oxygen atoms in total. The molecule has 0 aromatic heterocycles. The van der Waals surface area contributed by atoms with E-state index in [2.05, 4.69) is 0 Å². The first kappa shape index (κ1) is 15.9. The minimum atomic E-state index is -4.70. The summed E-state index contributed by atoms with van der Waals surface area (Å²) in [5.41, 5.74) is 5.11. The molecule has 0 aliphatic rings. The summed E-state index contributed by atoms with van der Waals surface area (Å²) in [7, 11) is -4.43. The third kappa shape index (κ3) is 4.44. The van der Waals surface area contributed by atoms with E-state index in [1.54, 1.807) is 0 Å². The van der Waals surface area contributed by atoms with Gasteiger partial charge in [0, 0.05) is 13.1 Å². The van der Waals surface area contributed by atoms with E-state index in [4.69, 9.17) is 5.73 Å². The number of halogens is 4. The van der Waals surface area contributed by atoms with E-state index in [1.165, 1.54) is 0 Å². The van der Waals surface area contributed by atoms with Gasteiger partial charge < -0.3 is 5.73 Å². The van der Waals surface area contributed by atoms with Crippen molar-refractivity contribution >= 4 is 10.0 Å². The van der Waals surface area contributed by atoms with Gasteiger partial charge in [-0.05, 0) is 18.2 Å². The summed E-state index contributed by atoms with van der Waals surface area (Å²) in [6.45, 7) is -2.44. The minimum absolute atomic E-state index is 0.182. The Kier molecular flexibility index (Phi) is 4.88. The van der Waals surface area contributed by atoms with Crippen molar-refractivity contribution in [2.75, 3.05) is 19.6 Å². The van der Waals surface area contributed by atoms with Gasteiger partial charge in [0.05, 0.1) is 4.90 Å². The Morgan fingerprint density at radius 1 is 1.26 bits per heavy atom. The number of sulfonamides is 1. The predicted octanol–water partition coefficient (Wildman–Crippen LogP) is 1.34. The lowest BCUT2D eigenvalue weighted by Gasteiger charge is -2.22. The summed E-state index contributed by atoms with van der Waals surface area (Å²) in [4.78, 5) is -0.537. The average molecular weight is 300 g/mol. The molecule has 19 heavy (non-hydrogen) atoms. The number of nitrogens with two attached hydrogens (primary N) is 1. The predicted molar refractivity (Wildman–Crippen MR) is 60.3 cm³/mol. The first-order chi connectivity index (χ1) is 8.66. The van der Waals surface area contributed by atoms with Gasteiger partial charge in [-0.3, -0.25) is 0 Å². The maximum Gasteiger partial charge on any atom is 0.402 e. The Morgan fingerprint density at radius 2 is 1.89 bits per heavy atom. The fourth-order valence-corrected chi connectivity index (χ4v) is 2.88. The molecule has 0 bridgehead atoms. The number of rotatable bonds is 5. The molecule has 108 valence electrons. The van der Waals surface area contributed by atoms with Crippen LogP contribution in [0.4, 0.5) is 17.6 Å². The number of hydrogen-bond acceptors (Lipinski definition) is 3. The second-order valence-electron chi connectivity index (χ2n) is 3.70. The summed E-state index contributed by atoms with van der Waals surface area (Å²) in [6.07, 6.45) is -4.70. The Bertz CT molecular complexity index is 531. The monoisotopic (exact) mass is 300 g/mol. The third-order valence-corrected chi connectivity index (χ3v) is 4.01. The van der Waals surface area contributed by atoms with E-state index < -0.39 is 40.0 Å². The Balaban J connectivity index is 3.13. The molecule has 9 heteroatoms. The summed E-state index contributed by atoms with van der Waals surface area (Å²) in [5, 5.41) is 0. The lowest BCUT2D eigenvalue weighted by atomic mass is 10.4.